The van der Waals surface area contributed by atoms with Gasteiger partial charge in [-0.15, -0.1) is 0 Å². The highest BCUT2D eigenvalue weighted by Crippen LogP contribution is 2.38. The Balaban J connectivity index is 4.26. The largest absolute Gasteiger partial charge is 0.756 e. The third kappa shape index (κ3) is 40.7. The lowest BCUT2D eigenvalue weighted by Gasteiger charge is -2.29. The molecule has 8 nitrogen and oxygen atoms in total. The molecule has 0 rings (SSSR count). The van der Waals surface area contributed by atoms with Crippen LogP contribution < -0.4 is 10.2 Å². The molecule has 0 heterocycles. The minimum Gasteiger partial charge on any atom is -0.756 e. The average Bonchev–Trinajstić information content (AvgIpc) is 3.13. The molecule has 9 heteroatoms. The summed E-state index contributed by atoms with van der Waals surface area (Å²) in [5, 5.41) is 13.7. The number of aliphatic hydroxyl groups excluding tert-OH is 1. The molecule has 0 saturated carbocycles. The average molecular weight is 797 g/mol. The molecular weight excluding hydrogens is 707 g/mol. The second kappa shape index (κ2) is 38.2. The van der Waals surface area contributed by atoms with Gasteiger partial charge in [0.25, 0.3) is 7.82 Å². The molecule has 324 valence electrons. The molecule has 1 amide bonds. The number of amides is 1. The first-order valence-electron chi connectivity index (χ1n) is 22.9. The summed E-state index contributed by atoms with van der Waals surface area (Å²) >= 11 is 0. The van der Waals surface area contributed by atoms with E-state index in [1.165, 1.54) is 141 Å². The van der Waals surface area contributed by atoms with E-state index in [4.69, 9.17) is 9.05 Å². The predicted molar refractivity (Wildman–Crippen MR) is 233 cm³/mol. The quantitative estimate of drug-likeness (QED) is 0.0276. The van der Waals surface area contributed by atoms with Crippen molar-refractivity contribution in [3.05, 3.63) is 36.5 Å². The maximum Gasteiger partial charge on any atom is 0.268 e. The van der Waals surface area contributed by atoms with Crippen molar-refractivity contribution in [2.24, 2.45) is 0 Å². The molecule has 0 radical (unpaired) electrons. The SMILES string of the molecule is CCCCCC/C=C/CC/C=C/C(O)C(COP(=O)([O-])OCC[N+](C)(C)C)NC(=O)CCCCCCCCC/C=C\CCCCCCCCCCCCCC. The molecule has 0 aliphatic rings. The summed E-state index contributed by atoms with van der Waals surface area (Å²) in [7, 11) is 1.24. The number of carbonyl (C=O) groups is 1. The maximum absolute atomic E-state index is 12.8. The highest BCUT2D eigenvalue weighted by atomic mass is 31.2. The molecule has 0 fully saturated rings. The van der Waals surface area contributed by atoms with E-state index in [9.17, 15) is 19.4 Å². The van der Waals surface area contributed by atoms with Crippen molar-refractivity contribution in [1.29, 1.82) is 0 Å². The molecule has 0 spiro atoms. The van der Waals surface area contributed by atoms with Crippen LogP contribution in [-0.2, 0) is 18.4 Å². The minimum absolute atomic E-state index is 0.00747. The van der Waals surface area contributed by atoms with Crippen LogP contribution in [0.5, 0.6) is 0 Å². The van der Waals surface area contributed by atoms with Crippen LogP contribution in [0.1, 0.15) is 200 Å². The van der Waals surface area contributed by atoms with Gasteiger partial charge in [0.1, 0.15) is 13.2 Å². The highest BCUT2D eigenvalue weighted by molar-refractivity contribution is 7.45. The first-order valence-corrected chi connectivity index (χ1v) is 24.3. The Bertz CT molecular complexity index is 995. The first kappa shape index (κ1) is 53.7. The molecule has 0 aliphatic carbocycles. The Labute approximate surface area is 340 Å². The molecule has 0 saturated heterocycles. The molecule has 0 aromatic rings. The summed E-state index contributed by atoms with van der Waals surface area (Å²) in [6.45, 7) is 4.58. The number of nitrogens with one attached hydrogen (secondary N) is 1. The van der Waals surface area contributed by atoms with Crippen LogP contribution in [0.25, 0.3) is 0 Å². The lowest BCUT2D eigenvalue weighted by Crippen LogP contribution is -2.45. The summed E-state index contributed by atoms with van der Waals surface area (Å²) in [6.07, 6.45) is 46.4. The first-order chi connectivity index (χ1) is 26.5. The summed E-state index contributed by atoms with van der Waals surface area (Å²) in [4.78, 5) is 25.2. The number of allylic oxidation sites excluding steroid dienone is 5. The fraction of sp³-hybridized carbons (Fsp3) is 0.848. The number of nitrogens with zero attached hydrogens (tertiary/aromatic N) is 1. The lowest BCUT2D eigenvalue weighted by molar-refractivity contribution is -0.870. The van der Waals surface area contributed by atoms with E-state index in [2.05, 4.69) is 43.5 Å². The number of likely N-dealkylation sites (N-methyl/N-ethyl adjacent to an activating group) is 1. The molecule has 55 heavy (non-hydrogen) atoms. The van der Waals surface area contributed by atoms with E-state index >= 15 is 0 Å². The number of phosphoric ester groups is 1. The van der Waals surface area contributed by atoms with Crippen LogP contribution in [0, 0.1) is 0 Å². The fourth-order valence-electron chi connectivity index (χ4n) is 6.40. The van der Waals surface area contributed by atoms with Gasteiger partial charge < -0.3 is 28.8 Å². The summed E-state index contributed by atoms with van der Waals surface area (Å²) in [5.74, 6) is -0.214. The Hall–Kier alpha value is -1.28. The van der Waals surface area contributed by atoms with Gasteiger partial charge in [-0.2, -0.15) is 0 Å². The second-order valence-electron chi connectivity index (χ2n) is 16.7. The summed E-state index contributed by atoms with van der Waals surface area (Å²) in [5.41, 5.74) is 0. The van der Waals surface area contributed by atoms with Gasteiger partial charge >= 0.3 is 0 Å². The van der Waals surface area contributed by atoms with Crippen LogP contribution >= 0.6 is 7.82 Å². The Morgan fingerprint density at radius 3 is 1.49 bits per heavy atom. The van der Waals surface area contributed by atoms with Gasteiger partial charge in [-0.05, 0) is 57.8 Å². The number of carbonyl (C=O) groups excluding carboxylic acids is 1. The summed E-state index contributed by atoms with van der Waals surface area (Å²) in [6, 6.07) is -0.902. The third-order valence-corrected chi connectivity index (χ3v) is 11.0. The molecule has 0 aromatic heterocycles. The van der Waals surface area contributed by atoms with Crippen molar-refractivity contribution in [1.82, 2.24) is 5.32 Å². The van der Waals surface area contributed by atoms with E-state index in [1.54, 1.807) is 6.08 Å². The normalized spacial score (nSPS) is 14.7. The van der Waals surface area contributed by atoms with Gasteiger partial charge in [0.2, 0.25) is 5.91 Å². The van der Waals surface area contributed by atoms with Crippen molar-refractivity contribution in [3.63, 3.8) is 0 Å². The van der Waals surface area contributed by atoms with Crippen LogP contribution in [0.2, 0.25) is 0 Å². The maximum atomic E-state index is 12.8. The van der Waals surface area contributed by atoms with E-state index in [0.717, 1.165) is 38.5 Å². The summed E-state index contributed by atoms with van der Waals surface area (Å²) < 4.78 is 23.1. The zero-order valence-electron chi connectivity index (χ0n) is 36.6. The van der Waals surface area contributed by atoms with Crippen LogP contribution in [0.15, 0.2) is 36.5 Å². The van der Waals surface area contributed by atoms with Crippen molar-refractivity contribution >= 4 is 13.7 Å². The van der Waals surface area contributed by atoms with Crippen molar-refractivity contribution in [2.75, 3.05) is 40.9 Å². The number of aliphatic hydroxyl groups is 1. The molecule has 3 atom stereocenters. The Kier molecular flexibility index (Phi) is 37.4. The Morgan fingerprint density at radius 2 is 1.02 bits per heavy atom. The molecule has 0 aromatic carbocycles. The third-order valence-electron chi connectivity index (χ3n) is 10.1. The van der Waals surface area contributed by atoms with Crippen LogP contribution in [0.4, 0.5) is 0 Å². The monoisotopic (exact) mass is 797 g/mol. The highest BCUT2D eigenvalue weighted by Gasteiger charge is 2.23. The molecule has 3 unspecified atom stereocenters. The smallest absolute Gasteiger partial charge is 0.268 e. The van der Waals surface area contributed by atoms with E-state index in [1.807, 2.05) is 27.2 Å². The molecular formula is C46H89N2O6P. The van der Waals surface area contributed by atoms with Gasteiger partial charge in [-0.25, -0.2) is 0 Å². The molecule has 0 aliphatic heterocycles. The zero-order valence-corrected chi connectivity index (χ0v) is 37.5. The number of quaternary nitrogens is 1. The topological polar surface area (TPSA) is 108 Å². The van der Waals surface area contributed by atoms with Gasteiger partial charge in [0.15, 0.2) is 0 Å². The van der Waals surface area contributed by atoms with Gasteiger partial charge in [-0.3, -0.25) is 9.36 Å². The van der Waals surface area contributed by atoms with Crippen LogP contribution in [0.3, 0.4) is 0 Å². The number of hydrogen-bond donors (Lipinski definition) is 2. The van der Waals surface area contributed by atoms with E-state index < -0.39 is 26.6 Å². The van der Waals surface area contributed by atoms with E-state index in [0.29, 0.717) is 17.4 Å². The van der Waals surface area contributed by atoms with Gasteiger partial charge in [0.05, 0.1) is 39.9 Å². The standard InChI is InChI=1S/C46H89N2O6P/c1-6-8-10-12-14-16-18-19-20-21-22-23-24-25-26-27-28-29-30-32-34-36-38-40-46(50)47-44(43-54-55(51,52)53-42-41-48(3,4)5)45(49)39-37-35-33-31-17-15-13-11-9-7-2/h17,25-26,31,37,39,44-45,49H,6-16,18-24,27-30,32-36,38,40-43H2,1-5H3,(H-,47,50,51,52)/b26-25-,31-17+,39-37+. The minimum atomic E-state index is -4.59. The number of unbranched alkanes of at least 4 members (excludes halogenated alkanes) is 24. The van der Waals surface area contributed by atoms with Gasteiger partial charge in [0, 0.05) is 6.42 Å². The zero-order chi connectivity index (χ0) is 40.7. The number of rotatable bonds is 41. The number of hydrogen-bond acceptors (Lipinski definition) is 6. The van der Waals surface area contributed by atoms with Crippen molar-refractivity contribution in [3.8, 4) is 0 Å². The Morgan fingerprint density at radius 1 is 0.618 bits per heavy atom. The fourth-order valence-corrected chi connectivity index (χ4v) is 7.12. The molecule has 0 bridgehead atoms. The van der Waals surface area contributed by atoms with Crippen LogP contribution in [-0.4, -0.2) is 68.5 Å². The second-order valence-corrected chi connectivity index (χ2v) is 18.2. The number of phosphoric acid groups is 1. The van der Waals surface area contributed by atoms with E-state index in [-0.39, 0.29) is 12.5 Å². The predicted octanol–water partition coefficient (Wildman–Crippen LogP) is 12.1. The molecule has 2 N–H and O–H groups in total. The van der Waals surface area contributed by atoms with Gasteiger partial charge in [-0.1, -0.05) is 172 Å². The lowest BCUT2D eigenvalue weighted by atomic mass is 10.0. The van der Waals surface area contributed by atoms with Crippen molar-refractivity contribution < 1.29 is 32.9 Å². The van der Waals surface area contributed by atoms with Crippen molar-refractivity contribution in [2.45, 2.75) is 212 Å².